The zero-order valence-corrected chi connectivity index (χ0v) is 19.1. The van der Waals surface area contributed by atoms with E-state index in [1.807, 2.05) is 0 Å². The van der Waals surface area contributed by atoms with Crippen molar-refractivity contribution in [2.45, 2.75) is 45.1 Å². The van der Waals surface area contributed by atoms with Gasteiger partial charge in [-0.25, -0.2) is 17.9 Å². The highest BCUT2D eigenvalue weighted by Gasteiger charge is 2.51. The lowest BCUT2D eigenvalue weighted by atomic mass is 9.81. The number of ether oxygens (including phenoxy) is 1. The molecule has 1 aliphatic heterocycles. The summed E-state index contributed by atoms with van der Waals surface area (Å²) in [4.78, 5) is 52.2. The van der Waals surface area contributed by atoms with Crippen molar-refractivity contribution in [3.63, 3.8) is 0 Å². The van der Waals surface area contributed by atoms with Crippen LogP contribution >= 0.6 is 11.3 Å². The third kappa shape index (κ3) is 5.58. The van der Waals surface area contributed by atoms with E-state index in [-0.39, 0.29) is 30.2 Å². The lowest BCUT2D eigenvalue weighted by Crippen LogP contribution is -2.44. The summed E-state index contributed by atoms with van der Waals surface area (Å²) in [5.74, 6) is -2.53. The molecule has 2 fully saturated rings. The molecule has 1 aromatic heterocycles. The first-order valence-electron chi connectivity index (χ1n) is 10.2. The molecule has 3 rings (SSSR count). The number of Topliss-reactive ketones (excluding diaryl/α,β-unsaturated/α-hetero) is 1. The van der Waals surface area contributed by atoms with Crippen molar-refractivity contribution >= 4 is 44.9 Å². The van der Waals surface area contributed by atoms with Crippen LogP contribution in [0, 0.1) is 11.8 Å². The van der Waals surface area contributed by atoms with Gasteiger partial charge in [0.15, 0.2) is 6.61 Å². The maximum atomic E-state index is 12.6. The number of esters is 1. The molecule has 1 aromatic rings. The maximum Gasteiger partial charge on any atom is 0.329 e. The summed E-state index contributed by atoms with van der Waals surface area (Å²) < 4.78 is 29.7. The maximum absolute atomic E-state index is 12.6. The van der Waals surface area contributed by atoms with Crippen molar-refractivity contribution < 1.29 is 32.3 Å². The van der Waals surface area contributed by atoms with E-state index in [0.717, 1.165) is 28.9 Å². The average molecular weight is 471 g/mol. The van der Waals surface area contributed by atoms with Crippen molar-refractivity contribution in [1.29, 1.82) is 0 Å². The Balaban J connectivity index is 1.51. The SMILES string of the molecule is C[C@@H](C(=O)OCC(=O)c1ccc(CCNS(C)(=O)=O)s1)N1C(=O)C2CCCCC2C1=O. The van der Waals surface area contributed by atoms with Gasteiger partial charge in [0.2, 0.25) is 27.6 Å². The molecule has 3 atom stereocenters. The van der Waals surface area contributed by atoms with Crippen LogP contribution in [0.5, 0.6) is 0 Å². The fourth-order valence-electron chi connectivity index (χ4n) is 4.03. The molecule has 170 valence electrons. The van der Waals surface area contributed by atoms with Crippen LogP contribution in [0.15, 0.2) is 12.1 Å². The lowest BCUT2D eigenvalue weighted by Gasteiger charge is -2.21. The fourth-order valence-corrected chi connectivity index (χ4v) is 5.43. The van der Waals surface area contributed by atoms with Gasteiger partial charge in [-0.2, -0.15) is 0 Å². The average Bonchev–Trinajstić information content (AvgIpc) is 3.28. The summed E-state index contributed by atoms with van der Waals surface area (Å²) in [7, 11) is -3.27. The van der Waals surface area contributed by atoms with E-state index in [1.165, 1.54) is 18.3 Å². The highest BCUT2D eigenvalue weighted by Crippen LogP contribution is 2.38. The van der Waals surface area contributed by atoms with Crippen LogP contribution < -0.4 is 4.72 Å². The van der Waals surface area contributed by atoms with Crippen LogP contribution in [0.4, 0.5) is 0 Å². The second-order valence-electron chi connectivity index (χ2n) is 7.93. The molecule has 0 aromatic carbocycles. The first kappa shape index (κ1) is 23.6. The molecule has 2 aliphatic rings. The summed E-state index contributed by atoms with van der Waals surface area (Å²) in [5, 5.41) is 0. The molecule has 11 heteroatoms. The minimum atomic E-state index is -3.27. The molecule has 1 saturated carbocycles. The standard InChI is InChI=1S/C20H26N2O7S2/c1-12(22-18(24)14-5-3-4-6-15(14)19(22)25)20(26)29-11-16(23)17-8-7-13(30-17)9-10-21-31(2,27)28/h7-8,12,14-15,21H,3-6,9-11H2,1-2H3/t12-,14?,15?/m0/s1. The molecule has 1 N–H and O–H groups in total. The van der Waals surface area contributed by atoms with Crippen LogP contribution in [-0.4, -0.2) is 62.3 Å². The van der Waals surface area contributed by atoms with Gasteiger partial charge < -0.3 is 4.74 Å². The Morgan fingerprint density at radius 2 is 1.81 bits per heavy atom. The zero-order chi connectivity index (χ0) is 22.8. The summed E-state index contributed by atoms with van der Waals surface area (Å²) in [6.07, 6.45) is 4.62. The Morgan fingerprint density at radius 3 is 2.39 bits per heavy atom. The minimum absolute atomic E-state index is 0.222. The number of carbonyl (C=O) groups excluding carboxylic acids is 4. The van der Waals surface area contributed by atoms with E-state index < -0.39 is 34.4 Å². The molecule has 2 amide bonds. The zero-order valence-electron chi connectivity index (χ0n) is 17.5. The van der Waals surface area contributed by atoms with Gasteiger partial charge >= 0.3 is 5.97 Å². The molecular formula is C20H26N2O7S2. The van der Waals surface area contributed by atoms with Crippen molar-refractivity contribution in [3.05, 3.63) is 21.9 Å². The molecule has 2 heterocycles. The van der Waals surface area contributed by atoms with E-state index in [9.17, 15) is 27.6 Å². The predicted molar refractivity (Wildman–Crippen MR) is 113 cm³/mol. The highest BCUT2D eigenvalue weighted by atomic mass is 32.2. The number of sulfonamides is 1. The predicted octanol–water partition coefficient (Wildman–Crippen LogP) is 1.13. The molecule has 1 aliphatic carbocycles. The summed E-state index contributed by atoms with van der Waals surface area (Å²) in [6.45, 7) is 1.17. The summed E-state index contributed by atoms with van der Waals surface area (Å²) in [6, 6.07) is 2.24. The van der Waals surface area contributed by atoms with Gasteiger partial charge in [-0.1, -0.05) is 12.8 Å². The number of rotatable bonds is 9. The second kappa shape index (κ2) is 9.58. The normalized spacial score (nSPS) is 22.3. The lowest BCUT2D eigenvalue weighted by molar-refractivity contribution is -0.157. The minimum Gasteiger partial charge on any atom is -0.456 e. The van der Waals surface area contributed by atoms with Gasteiger partial charge in [0.05, 0.1) is 23.0 Å². The smallest absolute Gasteiger partial charge is 0.329 e. The molecular weight excluding hydrogens is 444 g/mol. The number of hydrogen-bond donors (Lipinski definition) is 1. The van der Waals surface area contributed by atoms with Gasteiger partial charge in [-0.3, -0.25) is 19.3 Å². The first-order chi connectivity index (χ1) is 14.6. The Kier molecular flexibility index (Phi) is 7.28. The van der Waals surface area contributed by atoms with E-state index in [2.05, 4.69) is 4.72 Å². The topological polar surface area (TPSA) is 127 Å². The summed E-state index contributed by atoms with van der Waals surface area (Å²) in [5.41, 5.74) is 0. The second-order valence-corrected chi connectivity index (χ2v) is 10.9. The molecule has 9 nitrogen and oxygen atoms in total. The van der Waals surface area contributed by atoms with Crippen LogP contribution in [-0.2, 0) is 35.6 Å². The molecule has 31 heavy (non-hydrogen) atoms. The van der Waals surface area contributed by atoms with Crippen molar-refractivity contribution in [1.82, 2.24) is 9.62 Å². The van der Waals surface area contributed by atoms with E-state index >= 15 is 0 Å². The highest BCUT2D eigenvalue weighted by molar-refractivity contribution is 7.88. The number of thiophene rings is 1. The Bertz CT molecular complexity index is 961. The van der Waals surface area contributed by atoms with Crippen LogP contribution in [0.25, 0.3) is 0 Å². The van der Waals surface area contributed by atoms with Gasteiger partial charge in [0, 0.05) is 11.4 Å². The number of nitrogens with one attached hydrogen (secondary N) is 1. The van der Waals surface area contributed by atoms with Gasteiger partial charge in [0.1, 0.15) is 6.04 Å². The van der Waals surface area contributed by atoms with Crippen molar-refractivity contribution in [2.75, 3.05) is 19.4 Å². The quantitative estimate of drug-likeness (QED) is 0.326. The first-order valence-corrected chi connectivity index (χ1v) is 12.9. The molecule has 1 saturated heterocycles. The van der Waals surface area contributed by atoms with E-state index in [4.69, 9.17) is 4.74 Å². The number of likely N-dealkylation sites (tertiary alicyclic amines) is 1. The number of imide groups is 1. The van der Waals surface area contributed by atoms with Crippen LogP contribution in [0.1, 0.15) is 47.2 Å². The Morgan fingerprint density at radius 1 is 1.19 bits per heavy atom. The fraction of sp³-hybridized carbons (Fsp3) is 0.600. The number of nitrogens with zero attached hydrogens (tertiary/aromatic N) is 1. The monoisotopic (exact) mass is 470 g/mol. The van der Waals surface area contributed by atoms with E-state index in [1.54, 1.807) is 12.1 Å². The third-order valence-corrected chi connectivity index (χ3v) is 7.54. The van der Waals surface area contributed by atoms with Crippen LogP contribution in [0.3, 0.4) is 0 Å². The molecule has 0 spiro atoms. The summed E-state index contributed by atoms with van der Waals surface area (Å²) >= 11 is 1.20. The van der Waals surface area contributed by atoms with Gasteiger partial charge in [-0.15, -0.1) is 11.3 Å². The molecule has 2 unspecified atom stereocenters. The number of amides is 2. The van der Waals surface area contributed by atoms with E-state index in [0.29, 0.717) is 24.1 Å². The van der Waals surface area contributed by atoms with Gasteiger partial charge in [-0.05, 0) is 38.3 Å². The number of carbonyl (C=O) groups is 4. The van der Waals surface area contributed by atoms with Crippen LogP contribution in [0.2, 0.25) is 0 Å². The van der Waals surface area contributed by atoms with Gasteiger partial charge in [0.25, 0.3) is 0 Å². The largest absolute Gasteiger partial charge is 0.456 e. The molecule has 0 bridgehead atoms. The Labute approximate surface area is 185 Å². The molecule has 0 radical (unpaired) electrons. The number of hydrogen-bond acceptors (Lipinski definition) is 8. The van der Waals surface area contributed by atoms with Crippen molar-refractivity contribution in [3.8, 4) is 0 Å². The third-order valence-electron chi connectivity index (χ3n) is 5.62. The number of ketones is 1. The number of fused-ring (bicyclic) bond motifs is 1. The Hall–Kier alpha value is -2.11. The van der Waals surface area contributed by atoms with Crippen molar-refractivity contribution in [2.24, 2.45) is 11.8 Å².